The molecule has 2 fully saturated rings. The molecule has 8 nitrogen and oxygen atoms in total. The quantitative estimate of drug-likeness (QED) is 0.723. The number of hydrogen-bond donors (Lipinski definition) is 0. The number of carbonyl (C=O) groups excluding carboxylic acids is 1. The topological polar surface area (TPSA) is 84.3 Å². The highest BCUT2D eigenvalue weighted by Gasteiger charge is 2.28. The molecule has 1 amide bonds. The fourth-order valence-electron chi connectivity index (χ4n) is 3.62. The third-order valence-electron chi connectivity index (χ3n) is 5.31. The van der Waals surface area contributed by atoms with Gasteiger partial charge in [0.25, 0.3) is 11.7 Å². The smallest absolute Gasteiger partial charge is 0.274 e. The number of aromatic nitrogens is 1. The van der Waals surface area contributed by atoms with E-state index >= 15 is 0 Å². The maximum Gasteiger partial charge on any atom is 0.274 e. The average molecular weight is 418 g/mol. The number of anilines is 1. The Hall–Kier alpha value is -2.49. The Morgan fingerprint density at radius 3 is 2.21 bits per heavy atom. The Morgan fingerprint density at radius 1 is 0.897 bits per heavy atom. The van der Waals surface area contributed by atoms with E-state index in [0.29, 0.717) is 45.0 Å². The molecule has 2 aromatic rings. The normalized spacial score (nSPS) is 18.6. The summed E-state index contributed by atoms with van der Waals surface area (Å²) in [5.41, 5.74) is 0.505. The van der Waals surface area contributed by atoms with Crippen molar-refractivity contribution in [2.75, 3.05) is 57.4 Å². The molecule has 2 aliphatic heterocycles. The molecule has 1 N–H and O–H groups in total. The van der Waals surface area contributed by atoms with Crippen LogP contribution in [-0.2, 0) is 14.8 Å². The van der Waals surface area contributed by atoms with Gasteiger partial charge in [0.05, 0.1) is 37.4 Å². The number of piperazine rings is 1. The lowest BCUT2D eigenvalue weighted by Crippen LogP contribution is -2.50. The molecular formula is C20H25N4O4S+. The number of rotatable bonds is 4. The number of hydrogen-bond acceptors (Lipinski definition) is 5. The number of benzene rings is 1. The molecule has 0 aliphatic carbocycles. The maximum absolute atomic E-state index is 12.8. The molecule has 0 unspecified atom stereocenters. The van der Waals surface area contributed by atoms with Crippen molar-refractivity contribution >= 4 is 21.7 Å². The second-order valence-electron chi connectivity index (χ2n) is 7.07. The summed E-state index contributed by atoms with van der Waals surface area (Å²) in [5.74, 6) is 0.967. The Morgan fingerprint density at radius 2 is 1.59 bits per heavy atom. The van der Waals surface area contributed by atoms with Gasteiger partial charge in [-0.15, -0.1) is 0 Å². The SMILES string of the molecule is O=C(c1ccc(S(=O)(=O)N2CCOCC2)cc1)N1CCN(c2cccc[nH+]2)CC1. The molecule has 0 radical (unpaired) electrons. The molecular weight excluding hydrogens is 392 g/mol. The molecule has 0 saturated carbocycles. The highest BCUT2D eigenvalue weighted by Crippen LogP contribution is 2.19. The highest BCUT2D eigenvalue weighted by molar-refractivity contribution is 7.89. The van der Waals surface area contributed by atoms with Gasteiger partial charge < -0.3 is 9.64 Å². The molecule has 2 saturated heterocycles. The van der Waals surface area contributed by atoms with E-state index in [-0.39, 0.29) is 10.8 Å². The van der Waals surface area contributed by atoms with Gasteiger partial charge in [0.2, 0.25) is 10.0 Å². The molecule has 9 heteroatoms. The van der Waals surface area contributed by atoms with Crippen molar-refractivity contribution in [3.05, 3.63) is 54.2 Å². The van der Waals surface area contributed by atoms with Crippen LogP contribution in [0, 0.1) is 0 Å². The molecule has 2 aliphatic rings. The highest BCUT2D eigenvalue weighted by atomic mass is 32.2. The zero-order valence-corrected chi connectivity index (χ0v) is 17.0. The Bertz CT molecular complexity index is 936. The van der Waals surface area contributed by atoms with Gasteiger partial charge in [0.15, 0.2) is 0 Å². The summed E-state index contributed by atoms with van der Waals surface area (Å²) in [6, 6.07) is 12.2. The van der Waals surface area contributed by atoms with Crippen molar-refractivity contribution in [2.45, 2.75) is 4.90 Å². The van der Waals surface area contributed by atoms with Crippen LogP contribution in [0.5, 0.6) is 0 Å². The van der Waals surface area contributed by atoms with Crippen LogP contribution in [0.4, 0.5) is 5.82 Å². The van der Waals surface area contributed by atoms with E-state index in [9.17, 15) is 13.2 Å². The molecule has 0 atom stereocenters. The molecule has 4 rings (SSSR count). The Kier molecular flexibility index (Phi) is 5.79. The zero-order chi connectivity index (χ0) is 20.3. The number of morpholine rings is 1. The first-order chi connectivity index (χ1) is 14.1. The van der Waals surface area contributed by atoms with E-state index in [2.05, 4.69) is 9.88 Å². The van der Waals surface area contributed by atoms with E-state index in [4.69, 9.17) is 4.74 Å². The van der Waals surface area contributed by atoms with Crippen molar-refractivity contribution in [1.82, 2.24) is 9.21 Å². The molecule has 154 valence electrons. The van der Waals surface area contributed by atoms with Gasteiger partial charge in [-0.1, -0.05) is 6.07 Å². The van der Waals surface area contributed by atoms with Gasteiger partial charge in [-0.25, -0.2) is 13.4 Å². The second-order valence-corrected chi connectivity index (χ2v) is 9.01. The predicted molar refractivity (Wildman–Crippen MR) is 107 cm³/mol. The number of aromatic amines is 1. The minimum absolute atomic E-state index is 0.0722. The van der Waals surface area contributed by atoms with E-state index in [0.717, 1.165) is 18.9 Å². The Balaban J connectivity index is 1.40. The number of sulfonamides is 1. The number of H-pyrrole nitrogens is 1. The molecule has 29 heavy (non-hydrogen) atoms. The Labute approximate surface area is 170 Å². The molecule has 1 aromatic heterocycles. The maximum atomic E-state index is 12.8. The summed E-state index contributed by atoms with van der Waals surface area (Å²) < 4.78 is 32.1. The number of nitrogens with one attached hydrogen (secondary N) is 1. The number of nitrogens with zero attached hydrogens (tertiary/aromatic N) is 3. The van der Waals surface area contributed by atoms with Gasteiger partial charge in [0.1, 0.15) is 13.1 Å². The summed E-state index contributed by atoms with van der Waals surface area (Å²) in [5, 5.41) is 0. The summed E-state index contributed by atoms with van der Waals surface area (Å²) in [6.45, 7) is 4.25. The third-order valence-corrected chi connectivity index (χ3v) is 7.22. The number of pyridine rings is 1. The van der Waals surface area contributed by atoms with Gasteiger partial charge in [-0.05, 0) is 30.3 Å². The van der Waals surface area contributed by atoms with Crippen LogP contribution in [-0.4, -0.2) is 76.0 Å². The van der Waals surface area contributed by atoms with Crippen molar-refractivity contribution < 1.29 is 22.9 Å². The summed E-state index contributed by atoms with van der Waals surface area (Å²) in [4.78, 5) is 20.3. The van der Waals surface area contributed by atoms with E-state index in [1.165, 1.54) is 16.4 Å². The van der Waals surface area contributed by atoms with E-state index in [1.54, 1.807) is 12.1 Å². The average Bonchev–Trinajstić information content (AvgIpc) is 2.80. The zero-order valence-electron chi connectivity index (χ0n) is 16.2. The van der Waals surface area contributed by atoms with Crippen molar-refractivity contribution in [2.24, 2.45) is 0 Å². The minimum atomic E-state index is -3.55. The van der Waals surface area contributed by atoms with E-state index in [1.807, 2.05) is 29.3 Å². The molecule has 3 heterocycles. The third kappa shape index (κ3) is 4.26. The lowest BCUT2D eigenvalue weighted by Gasteiger charge is -2.31. The monoisotopic (exact) mass is 417 g/mol. The first-order valence-corrected chi connectivity index (χ1v) is 11.2. The number of ether oxygens (including phenoxy) is 1. The second kappa shape index (κ2) is 8.48. The fourth-order valence-corrected chi connectivity index (χ4v) is 5.03. The van der Waals surface area contributed by atoms with Gasteiger partial charge in [-0.3, -0.25) is 9.69 Å². The van der Waals surface area contributed by atoms with Crippen LogP contribution in [0.3, 0.4) is 0 Å². The van der Waals surface area contributed by atoms with Crippen LogP contribution < -0.4 is 9.88 Å². The standard InChI is InChI=1S/C20H24N4O4S/c25-20(23-11-9-22(10-12-23)19-3-1-2-8-21-19)17-4-6-18(7-5-17)29(26,27)24-13-15-28-16-14-24/h1-8H,9-16H2/p+1. The van der Waals surface area contributed by atoms with Crippen LogP contribution in [0.2, 0.25) is 0 Å². The van der Waals surface area contributed by atoms with Crippen LogP contribution in [0.1, 0.15) is 10.4 Å². The van der Waals surface area contributed by atoms with Crippen molar-refractivity contribution in [3.8, 4) is 0 Å². The summed E-state index contributed by atoms with van der Waals surface area (Å²) >= 11 is 0. The fraction of sp³-hybridized carbons (Fsp3) is 0.400. The van der Waals surface area contributed by atoms with E-state index < -0.39 is 10.0 Å². The van der Waals surface area contributed by atoms with Crippen molar-refractivity contribution in [3.63, 3.8) is 0 Å². The van der Waals surface area contributed by atoms with Gasteiger partial charge in [-0.2, -0.15) is 4.31 Å². The summed E-state index contributed by atoms with van der Waals surface area (Å²) in [6.07, 6.45) is 1.89. The largest absolute Gasteiger partial charge is 0.379 e. The van der Waals surface area contributed by atoms with Crippen LogP contribution in [0.15, 0.2) is 53.6 Å². The number of amides is 1. The summed E-state index contributed by atoms with van der Waals surface area (Å²) in [7, 11) is -3.55. The van der Waals surface area contributed by atoms with Gasteiger partial charge in [0, 0.05) is 24.7 Å². The molecule has 0 spiro atoms. The lowest BCUT2D eigenvalue weighted by atomic mass is 10.2. The van der Waals surface area contributed by atoms with Crippen LogP contribution >= 0.6 is 0 Å². The minimum Gasteiger partial charge on any atom is -0.379 e. The van der Waals surface area contributed by atoms with Crippen molar-refractivity contribution in [1.29, 1.82) is 0 Å². The first-order valence-electron chi connectivity index (χ1n) is 9.74. The van der Waals surface area contributed by atoms with Crippen LogP contribution in [0.25, 0.3) is 0 Å². The molecule has 1 aromatic carbocycles. The van der Waals surface area contributed by atoms with Gasteiger partial charge >= 0.3 is 0 Å². The predicted octanol–water partition coefficient (Wildman–Crippen LogP) is 0.484. The molecule has 0 bridgehead atoms. The number of carbonyl (C=O) groups is 1. The first kappa shape index (κ1) is 19.8. The lowest BCUT2D eigenvalue weighted by molar-refractivity contribution is -0.364.